The van der Waals surface area contributed by atoms with E-state index in [1.54, 1.807) is 42.7 Å². The quantitative estimate of drug-likeness (QED) is 0.260. The number of alkyl halides is 3. The van der Waals surface area contributed by atoms with Crippen molar-refractivity contribution in [2.45, 2.75) is 32.1 Å². The van der Waals surface area contributed by atoms with E-state index in [1.807, 2.05) is 24.6 Å². The van der Waals surface area contributed by atoms with Crippen molar-refractivity contribution >= 4 is 28.5 Å². The molecule has 1 aromatic carbocycles. The number of aliphatic hydroxyl groups excluding tert-OH is 1. The van der Waals surface area contributed by atoms with Gasteiger partial charge in [-0.25, -0.2) is 9.97 Å². The summed E-state index contributed by atoms with van der Waals surface area (Å²) in [6.45, 7) is 3.68. The predicted molar refractivity (Wildman–Crippen MR) is 131 cm³/mol. The second-order valence-corrected chi connectivity index (χ2v) is 8.60. The standard InChI is InChI=1S/C24H22F3N9O2/c1-13(2)36-18-8-19(28-9-15(18)10-30-36)32-23-29-11-16(21-34-22(35-38-21)24(25,26)27)20(33-23)31-17(12-37)14-6-4-3-5-7-14/h3-11,13,17,37H,12H2,1-2H3,(H2,28,29,31,32,33)/t17-/m1/s1. The number of hydrogen-bond acceptors (Lipinski definition) is 10. The van der Waals surface area contributed by atoms with Crippen molar-refractivity contribution in [2.75, 3.05) is 17.2 Å². The molecule has 0 saturated heterocycles. The highest BCUT2D eigenvalue weighted by Gasteiger charge is 2.37. The Balaban J connectivity index is 1.52. The van der Waals surface area contributed by atoms with Crippen LogP contribution >= 0.6 is 0 Å². The van der Waals surface area contributed by atoms with Crippen LogP contribution in [0, 0.1) is 0 Å². The lowest BCUT2D eigenvalue weighted by molar-refractivity contribution is -0.146. The van der Waals surface area contributed by atoms with Crippen LogP contribution in [0.2, 0.25) is 0 Å². The third-order valence-electron chi connectivity index (χ3n) is 5.60. The van der Waals surface area contributed by atoms with Crippen molar-refractivity contribution in [3.63, 3.8) is 0 Å². The molecule has 5 rings (SSSR count). The maximum atomic E-state index is 13.1. The molecule has 0 aliphatic rings. The number of nitrogens with one attached hydrogen (secondary N) is 2. The molecular weight excluding hydrogens is 503 g/mol. The summed E-state index contributed by atoms with van der Waals surface area (Å²) in [5, 5.41) is 24.3. The average Bonchev–Trinajstić information content (AvgIpc) is 3.56. The van der Waals surface area contributed by atoms with E-state index in [0.717, 1.165) is 16.5 Å². The topological polar surface area (TPSA) is 140 Å². The van der Waals surface area contributed by atoms with Crippen LogP contribution in [0.3, 0.4) is 0 Å². The lowest BCUT2D eigenvalue weighted by atomic mass is 10.1. The third-order valence-corrected chi connectivity index (χ3v) is 5.60. The monoisotopic (exact) mass is 525 g/mol. The van der Waals surface area contributed by atoms with Crippen molar-refractivity contribution < 1.29 is 22.8 Å². The predicted octanol–water partition coefficient (Wildman–Crippen LogP) is 4.76. The zero-order chi connectivity index (χ0) is 26.9. The van der Waals surface area contributed by atoms with Gasteiger partial charge < -0.3 is 20.3 Å². The highest BCUT2D eigenvalue weighted by molar-refractivity contribution is 5.81. The summed E-state index contributed by atoms with van der Waals surface area (Å²) in [6, 6.07) is 10.3. The first-order chi connectivity index (χ1) is 18.2. The molecule has 11 nitrogen and oxygen atoms in total. The Kier molecular flexibility index (Phi) is 6.63. The molecule has 1 atom stereocenters. The Morgan fingerprint density at radius 1 is 1.05 bits per heavy atom. The van der Waals surface area contributed by atoms with Gasteiger partial charge in [-0.3, -0.25) is 4.68 Å². The van der Waals surface area contributed by atoms with E-state index in [4.69, 9.17) is 4.52 Å². The number of fused-ring (bicyclic) bond motifs is 1. The SMILES string of the molecule is CC(C)n1ncc2cnc(Nc3ncc(-c4nc(C(F)(F)F)no4)c(N[C@H](CO)c4ccccc4)n3)cc21. The Morgan fingerprint density at radius 3 is 2.53 bits per heavy atom. The van der Waals surface area contributed by atoms with Crippen LogP contribution in [-0.2, 0) is 6.18 Å². The molecule has 0 fully saturated rings. The first kappa shape index (κ1) is 25.1. The van der Waals surface area contributed by atoms with E-state index in [1.165, 1.54) is 6.20 Å². The first-order valence-electron chi connectivity index (χ1n) is 11.5. The van der Waals surface area contributed by atoms with Gasteiger partial charge in [0.1, 0.15) is 17.2 Å². The summed E-state index contributed by atoms with van der Waals surface area (Å²) in [4.78, 5) is 16.5. The van der Waals surface area contributed by atoms with Crippen LogP contribution in [0.1, 0.15) is 37.3 Å². The zero-order valence-electron chi connectivity index (χ0n) is 20.2. The molecule has 0 aliphatic carbocycles. The van der Waals surface area contributed by atoms with Gasteiger partial charge in [-0.2, -0.15) is 28.2 Å². The minimum absolute atomic E-state index is 0.0224. The molecule has 0 unspecified atom stereocenters. The lowest BCUT2D eigenvalue weighted by Gasteiger charge is -2.19. The largest absolute Gasteiger partial charge is 0.455 e. The van der Waals surface area contributed by atoms with E-state index in [2.05, 4.69) is 40.8 Å². The van der Waals surface area contributed by atoms with Gasteiger partial charge in [-0.15, -0.1) is 0 Å². The lowest BCUT2D eigenvalue weighted by Crippen LogP contribution is -2.17. The first-order valence-corrected chi connectivity index (χ1v) is 11.5. The molecule has 0 saturated carbocycles. The van der Waals surface area contributed by atoms with Gasteiger partial charge in [0.05, 0.1) is 24.4 Å². The molecule has 0 bridgehead atoms. The fraction of sp³-hybridized carbons (Fsp3) is 0.250. The van der Waals surface area contributed by atoms with Crippen molar-refractivity contribution in [3.8, 4) is 11.5 Å². The van der Waals surface area contributed by atoms with Crippen molar-refractivity contribution in [3.05, 3.63) is 66.4 Å². The van der Waals surface area contributed by atoms with Crippen LogP contribution in [0.5, 0.6) is 0 Å². The molecule has 0 spiro atoms. The third kappa shape index (κ3) is 5.11. The van der Waals surface area contributed by atoms with Gasteiger partial charge in [0, 0.05) is 29.9 Å². The van der Waals surface area contributed by atoms with E-state index in [-0.39, 0.29) is 30.0 Å². The van der Waals surface area contributed by atoms with E-state index >= 15 is 0 Å². The number of hydrogen-bond donors (Lipinski definition) is 3. The second kappa shape index (κ2) is 10.0. The molecule has 0 aliphatic heterocycles. The van der Waals surface area contributed by atoms with E-state index in [0.29, 0.717) is 5.82 Å². The number of benzene rings is 1. The minimum Gasteiger partial charge on any atom is -0.394 e. The van der Waals surface area contributed by atoms with Crippen LogP contribution in [-0.4, -0.2) is 46.6 Å². The molecule has 196 valence electrons. The van der Waals surface area contributed by atoms with Crippen LogP contribution in [0.4, 0.5) is 30.8 Å². The molecule has 5 aromatic rings. The van der Waals surface area contributed by atoms with Crippen molar-refractivity contribution in [1.82, 2.24) is 34.9 Å². The summed E-state index contributed by atoms with van der Waals surface area (Å²) in [5.41, 5.74) is 1.60. The zero-order valence-corrected chi connectivity index (χ0v) is 20.2. The normalized spacial score (nSPS) is 12.7. The van der Waals surface area contributed by atoms with Gasteiger partial charge in [0.2, 0.25) is 5.95 Å². The van der Waals surface area contributed by atoms with Gasteiger partial charge in [-0.1, -0.05) is 35.5 Å². The smallest absolute Gasteiger partial charge is 0.394 e. The van der Waals surface area contributed by atoms with Gasteiger partial charge >= 0.3 is 6.18 Å². The summed E-state index contributed by atoms with van der Waals surface area (Å²) < 4.78 is 46.0. The summed E-state index contributed by atoms with van der Waals surface area (Å²) in [7, 11) is 0. The fourth-order valence-corrected chi connectivity index (χ4v) is 3.78. The molecule has 4 aromatic heterocycles. The van der Waals surface area contributed by atoms with Gasteiger partial charge in [0.25, 0.3) is 11.7 Å². The Bertz CT molecular complexity index is 1550. The molecule has 0 radical (unpaired) electrons. The van der Waals surface area contributed by atoms with E-state index in [9.17, 15) is 18.3 Å². The summed E-state index contributed by atoms with van der Waals surface area (Å²) in [5.74, 6) is -1.27. The Labute approximate surface area is 213 Å². The summed E-state index contributed by atoms with van der Waals surface area (Å²) in [6.07, 6.45) is -0.160. The fourth-order valence-electron chi connectivity index (χ4n) is 3.78. The van der Waals surface area contributed by atoms with Crippen LogP contribution < -0.4 is 10.6 Å². The van der Waals surface area contributed by atoms with Crippen molar-refractivity contribution in [2.24, 2.45) is 0 Å². The number of pyridine rings is 1. The van der Waals surface area contributed by atoms with Crippen LogP contribution in [0.25, 0.3) is 22.4 Å². The molecule has 38 heavy (non-hydrogen) atoms. The Morgan fingerprint density at radius 2 is 1.84 bits per heavy atom. The molecule has 14 heteroatoms. The minimum atomic E-state index is -4.79. The number of halogens is 3. The number of aromatic nitrogens is 7. The van der Waals surface area contributed by atoms with Crippen LogP contribution in [0.15, 0.2) is 59.5 Å². The maximum absolute atomic E-state index is 13.1. The number of nitrogens with zero attached hydrogens (tertiary/aromatic N) is 7. The number of anilines is 3. The number of aliphatic hydroxyl groups is 1. The Hall–Kier alpha value is -4.59. The molecule has 3 N–H and O–H groups in total. The maximum Gasteiger partial charge on any atom is 0.455 e. The molecule has 0 amide bonds. The van der Waals surface area contributed by atoms with E-state index < -0.39 is 23.9 Å². The molecular formula is C24H22F3N9O2. The highest BCUT2D eigenvalue weighted by Crippen LogP contribution is 2.33. The van der Waals surface area contributed by atoms with Crippen molar-refractivity contribution in [1.29, 1.82) is 0 Å². The highest BCUT2D eigenvalue weighted by atomic mass is 19.4. The van der Waals surface area contributed by atoms with Gasteiger partial charge in [0.15, 0.2) is 0 Å². The second-order valence-electron chi connectivity index (χ2n) is 8.60. The number of rotatable bonds is 8. The summed E-state index contributed by atoms with van der Waals surface area (Å²) >= 11 is 0. The van der Waals surface area contributed by atoms with Gasteiger partial charge in [-0.05, 0) is 19.4 Å². The molecule has 4 heterocycles. The average molecular weight is 525 g/mol.